The molecule has 0 aliphatic carbocycles. The average Bonchev–Trinajstić information content (AvgIpc) is 3.17. The van der Waals surface area contributed by atoms with Crippen molar-refractivity contribution in [3.8, 4) is 0 Å². The highest BCUT2D eigenvalue weighted by Crippen LogP contribution is 2.36. The van der Waals surface area contributed by atoms with Crippen LogP contribution >= 0.6 is 11.8 Å². The Hall–Kier alpha value is -2.59. The largest absolute Gasteiger partial charge is 0.390 e. The molecule has 1 fully saturated rings. The third-order valence-electron chi connectivity index (χ3n) is 7.80. The van der Waals surface area contributed by atoms with Gasteiger partial charge in [-0.05, 0) is 71.0 Å². The number of aliphatic imine (C=N–C) groups is 1. The molecule has 1 aromatic carbocycles. The van der Waals surface area contributed by atoms with Gasteiger partial charge in [-0.3, -0.25) is 9.59 Å². The summed E-state index contributed by atoms with van der Waals surface area (Å²) >= 11 is 1.49. The Balaban J connectivity index is 1.51. The Kier molecular flexibility index (Phi) is 8.72. The minimum Gasteiger partial charge on any atom is -0.351 e. The van der Waals surface area contributed by atoms with Gasteiger partial charge in [-0.1, -0.05) is 18.2 Å². The number of piperidine rings is 1. The van der Waals surface area contributed by atoms with Crippen LogP contribution in [0.1, 0.15) is 55.2 Å². The van der Waals surface area contributed by atoms with Crippen molar-refractivity contribution in [1.82, 2.24) is 14.8 Å². The third-order valence-corrected chi connectivity index (χ3v) is 8.67. The molecular formula is C28H35F3N4O2S. The van der Waals surface area contributed by atoms with Crippen LogP contribution in [0, 0.1) is 18.8 Å². The fourth-order valence-corrected chi connectivity index (χ4v) is 6.50. The van der Waals surface area contributed by atoms with Gasteiger partial charge in [0.1, 0.15) is 0 Å². The second-order valence-corrected chi connectivity index (χ2v) is 11.1. The number of nitrogens with one attached hydrogen (secondary N) is 1. The Labute approximate surface area is 225 Å². The standard InChI is InChI=1S/C28H35F3N4O2S/c1-17-15-24(38-4)22(26(36)33-17)16-32-27(37)25-19(3)35(23-8-6-5-7-21(23)25)18(2)20-9-12-34(13-10-20)14-11-28(29,30)31/h5-8,15,18,20,22H,9-14,16H2,1-4H3,(H,32,37)/t18-,22?/m1/s1. The van der Waals surface area contributed by atoms with Gasteiger partial charge in [0.2, 0.25) is 0 Å². The van der Waals surface area contributed by atoms with Crippen molar-refractivity contribution in [1.29, 1.82) is 0 Å². The number of carbonyl (C=O) groups is 2. The first kappa shape index (κ1) is 28.4. The Morgan fingerprint density at radius 3 is 2.55 bits per heavy atom. The fourth-order valence-electron chi connectivity index (χ4n) is 5.74. The number of aromatic nitrogens is 1. The number of fused-ring (bicyclic) bond motifs is 1. The van der Waals surface area contributed by atoms with E-state index in [0.717, 1.165) is 34.3 Å². The maximum atomic E-state index is 13.5. The fraction of sp³-hybridized carbons (Fsp3) is 0.536. The van der Waals surface area contributed by atoms with Crippen molar-refractivity contribution in [2.45, 2.75) is 52.3 Å². The van der Waals surface area contributed by atoms with Gasteiger partial charge in [-0.25, -0.2) is 4.99 Å². The van der Waals surface area contributed by atoms with Gasteiger partial charge in [0.25, 0.3) is 11.8 Å². The zero-order chi connectivity index (χ0) is 27.6. The highest BCUT2D eigenvalue weighted by Gasteiger charge is 2.32. The molecule has 1 saturated heterocycles. The number of para-hydroxylation sites is 1. The molecule has 2 amide bonds. The number of hydrogen-bond donors (Lipinski definition) is 1. The Morgan fingerprint density at radius 2 is 1.89 bits per heavy atom. The van der Waals surface area contributed by atoms with Crippen molar-refractivity contribution >= 4 is 40.2 Å². The van der Waals surface area contributed by atoms with Crippen LogP contribution in [0.4, 0.5) is 13.2 Å². The molecule has 38 heavy (non-hydrogen) atoms. The number of thioether (sulfide) groups is 1. The van der Waals surface area contributed by atoms with E-state index in [2.05, 4.69) is 21.8 Å². The lowest BCUT2D eigenvalue weighted by Crippen LogP contribution is -2.38. The number of alkyl halides is 3. The second-order valence-electron chi connectivity index (χ2n) is 10.2. The number of amides is 2. The average molecular weight is 549 g/mol. The first-order chi connectivity index (χ1) is 18.0. The number of carbonyl (C=O) groups excluding carboxylic acids is 2. The van der Waals surface area contributed by atoms with Crippen LogP contribution < -0.4 is 5.32 Å². The maximum absolute atomic E-state index is 13.5. The summed E-state index contributed by atoms with van der Waals surface area (Å²) in [6.07, 6.45) is 0.494. The summed E-state index contributed by atoms with van der Waals surface area (Å²) in [6, 6.07) is 7.87. The van der Waals surface area contributed by atoms with Crippen LogP contribution in [0.5, 0.6) is 0 Å². The zero-order valence-corrected chi connectivity index (χ0v) is 23.1. The minimum atomic E-state index is -4.13. The van der Waals surface area contributed by atoms with Crippen molar-refractivity contribution in [2.75, 3.05) is 32.4 Å². The first-order valence-electron chi connectivity index (χ1n) is 13.0. The van der Waals surface area contributed by atoms with Gasteiger partial charge in [0, 0.05) is 46.3 Å². The topological polar surface area (TPSA) is 66.7 Å². The Morgan fingerprint density at radius 1 is 1.21 bits per heavy atom. The van der Waals surface area contributed by atoms with Crippen LogP contribution in [0.2, 0.25) is 0 Å². The van der Waals surface area contributed by atoms with Crippen LogP contribution in [0.15, 0.2) is 40.2 Å². The zero-order valence-electron chi connectivity index (χ0n) is 22.3. The number of benzene rings is 1. The van der Waals surface area contributed by atoms with E-state index in [0.29, 0.717) is 24.4 Å². The molecule has 2 aromatic rings. The SMILES string of the molecule is CSC1=CC(C)=NC(=O)C1CNC(=O)c1c(C)n([C@H](C)C2CCN(CCC(F)(F)F)CC2)c2ccccc12. The van der Waals surface area contributed by atoms with Crippen LogP contribution in [-0.4, -0.2) is 65.6 Å². The number of halogens is 3. The molecule has 0 bridgehead atoms. The molecule has 1 N–H and O–H groups in total. The molecule has 1 unspecified atom stereocenters. The highest BCUT2D eigenvalue weighted by atomic mass is 32.2. The molecule has 2 atom stereocenters. The van der Waals surface area contributed by atoms with E-state index in [4.69, 9.17) is 0 Å². The van der Waals surface area contributed by atoms with Gasteiger partial charge in [-0.2, -0.15) is 13.2 Å². The lowest BCUT2D eigenvalue weighted by molar-refractivity contribution is -0.138. The lowest BCUT2D eigenvalue weighted by Gasteiger charge is -2.36. The molecule has 0 saturated carbocycles. The highest BCUT2D eigenvalue weighted by molar-refractivity contribution is 8.02. The lowest BCUT2D eigenvalue weighted by atomic mass is 9.90. The molecule has 6 nitrogen and oxygen atoms in total. The molecule has 2 aliphatic heterocycles. The van der Waals surface area contributed by atoms with E-state index in [1.165, 1.54) is 11.8 Å². The predicted molar refractivity (Wildman–Crippen MR) is 147 cm³/mol. The summed E-state index contributed by atoms with van der Waals surface area (Å²) in [5, 5.41) is 3.83. The van der Waals surface area contributed by atoms with E-state index in [-0.39, 0.29) is 36.9 Å². The van der Waals surface area contributed by atoms with Crippen molar-refractivity contribution in [3.05, 3.63) is 46.5 Å². The van der Waals surface area contributed by atoms with Crippen molar-refractivity contribution < 1.29 is 22.8 Å². The molecule has 1 aromatic heterocycles. The summed E-state index contributed by atoms with van der Waals surface area (Å²) in [5.41, 5.74) is 3.06. The van der Waals surface area contributed by atoms with E-state index >= 15 is 0 Å². The molecule has 4 rings (SSSR count). The van der Waals surface area contributed by atoms with E-state index in [9.17, 15) is 22.8 Å². The minimum absolute atomic E-state index is 0.0439. The van der Waals surface area contributed by atoms with Crippen LogP contribution in [0.25, 0.3) is 10.9 Å². The van der Waals surface area contributed by atoms with E-state index in [1.54, 1.807) is 6.92 Å². The van der Waals surface area contributed by atoms with Crippen molar-refractivity contribution in [2.24, 2.45) is 16.8 Å². The smallest absolute Gasteiger partial charge is 0.351 e. The monoisotopic (exact) mass is 548 g/mol. The van der Waals surface area contributed by atoms with Gasteiger partial charge in [0.15, 0.2) is 0 Å². The van der Waals surface area contributed by atoms with Gasteiger partial charge in [0.05, 0.1) is 17.9 Å². The summed E-state index contributed by atoms with van der Waals surface area (Å²) in [7, 11) is 0. The van der Waals surface area contributed by atoms with E-state index < -0.39 is 18.5 Å². The Bertz CT molecular complexity index is 1260. The number of allylic oxidation sites excluding steroid dienone is 1. The van der Waals surface area contributed by atoms with Crippen LogP contribution in [-0.2, 0) is 4.79 Å². The number of dihydropyridines is 1. The van der Waals surface area contributed by atoms with Crippen molar-refractivity contribution in [3.63, 3.8) is 0 Å². The quantitative estimate of drug-likeness (QED) is 0.455. The number of likely N-dealkylation sites (tertiary alicyclic amines) is 1. The number of hydrogen-bond acceptors (Lipinski definition) is 4. The molecule has 3 heterocycles. The summed E-state index contributed by atoms with van der Waals surface area (Å²) < 4.78 is 40.1. The number of rotatable bonds is 8. The van der Waals surface area contributed by atoms with Crippen LogP contribution in [0.3, 0.4) is 0 Å². The summed E-state index contributed by atoms with van der Waals surface area (Å²) in [5.74, 6) is -0.680. The predicted octanol–water partition coefficient (Wildman–Crippen LogP) is 5.77. The van der Waals surface area contributed by atoms with Gasteiger partial charge in [-0.15, -0.1) is 11.8 Å². The summed E-state index contributed by atoms with van der Waals surface area (Å²) in [6.45, 7) is 7.35. The normalized spacial score (nSPS) is 20.4. The second kappa shape index (κ2) is 11.7. The summed E-state index contributed by atoms with van der Waals surface area (Å²) in [4.78, 5) is 32.9. The molecule has 2 aliphatic rings. The first-order valence-corrected chi connectivity index (χ1v) is 14.2. The molecular weight excluding hydrogens is 513 g/mol. The molecule has 0 spiro atoms. The molecule has 0 radical (unpaired) electrons. The third kappa shape index (κ3) is 6.17. The maximum Gasteiger partial charge on any atom is 0.390 e. The number of nitrogens with zero attached hydrogens (tertiary/aromatic N) is 3. The van der Waals surface area contributed by atoms with Gasteiger partial charge >= 0.3 is 6.18 Å². The van der Waals surface area contributed by atoms with E-state index in [1.807, 2.05) is 48.4 Å². The molecule has 10 heteroatoms. The molecule has 206 valence electrons. The van der Waals surface area contributed by atoms with Gasteiger partial charge < -0.3 is 14.8 Å².